The first kappa shape index (κ1) is 15.5. The molecule has 4 heteroatoms. The molecule has 1 saturated heterocycles. The van der Waals surface area contributed by atoms with Gasteiger partial charge in [-0.15, -0.1) is 0 Å². The van der Waals surface area contributed by atoms with E-state index < -0.39 is 0 Å². The van der Waals surface area contributed by atoms with Gasteiger partial charge in [-0.05, 0) is 82.3 Å². The SMILES string of the molecule is Cc1cc(F)cc(C)c1C(=O)NC1CCCC1N1CCCC1. The van der Waals surface area contributed by atoms with Gasteiger partial charge in [0.1, 0.15) is 5.82 Å². The van der Waals surface area contributed by atoms with Crippen LogP contribution in [0.2, 0.25) is 0 Å². The van der Waals surface area contributed by atoms with Crippen molar-refractivity contribution >= 4 is 5.91 Å². The van der Waals surface area contributed by atoms with Crippen molar-refractivity contribution in [3.05, 3.63) is 34.6 Å². The van der Waals surface area contributed by atoms with Gasteiger partial charge in [-0.1, -0.05) is 0 Å². The van der Waals surface area contributed by atoms with Crippen LogP contribution in [-0.2, 0) is 0 Å². The Labute approximate surface area is 131 Å². The molecule has 2 fully saturated rings. The van der Waals surface area contributed by atoms with Gasteiger partial charge in [0.25, 0.3) is 5.91 Å². The summed E-state index contributed by atoms with van der Waals surface area (Å²) in [6.45, 7) is 5.92. The molecule has 3 rings (SSSR count). The van der Waals surface area contributed by atoms with E-state index in [0.29, 0.717) is 22.7 Å². The Kier molecular flexibility index (Phi) is 4.48. The Bertz CT molecular complexity index is 543. The first-order chi connectivity index (χ1) is 10.6. The zero-order valence-electron chi connectivity index (χ0n) is 13.5. The van der Waals surface area contributed by atoms with Crippen LogP contribution in [0, 0.1) is 19.7 Å². The first-order valence-corrected chi connectivity index (χ1v) is 8.38. The minimum Gasteiger partial charge on any atom is -0.348 e. The minimum absolute atomic E-state index is 0.0499. The van der Waals surface area contributed by atoms with E-state index in [1.54, 1.807) is 13.8 Å². The van der Waals surface area contributed by atoms with Crippen molar-refractivity contribution in [2.45, 2.75) is 58.0 Å². The molecule has 0 bridgehead atoms. The van der Waals surface area contributed by atoms with Crippen LogP contribution in [0.25, 0.3) is 0 Å². The molecule has 3 nitrogen and oxygen atoms in total. The maximum absolute atomic E-state index is 13.4. The number of aryl methyl sites for hydroxylation is 2. The van der Waals surface area contributed by atoms with Crippen LogP contribution < -0.4 is 5.32 Å². The highest BCUT2D eigenvalue weighted by molar-refractivity contribution is 5.97. The number of hydrogen-bond donors (Lipinski definition) is 1. The maximum Gasteiger partial charge on any atom is 0.252 e. The summed E-state index contributed by atoms with van der Waals surface area (Å²) in [5.74, 6) is -0.326. The molecule has 22 heavy (non-hydrogen) atoms. The van der Waals surface area contributed by atoms with Gasteiger partial charge in [0, 0.05) is 17.6 Å². The molecule has 0 spiro atoms. The third kappa shape index (κ3) is 3.02. The molecule has 0 radical (unpaired) electrons. The standard InChI is InChI=1S/C18H25FN2O/c1-12-10-14(19)11-13(2)17(12)18(22)20-15-6-5-7-16(15)21-8-3-4-9-21/h10-11,15-16H,3-9H2,1-2H3,(H,20,22). The van der Waals surface area contributed by atoms with Crippen LogP contribution in [0.4, 0.5) is 4.39 Å². The molecule has 1 aliphatic heterocycles. The fourth-order valence-electron chi connectivity index (χ4n) is 4.13. The van der Waals surface area contributed by atoms with Crippen molar-refractivity contribution in [2.24, 2.45) is 0 Å². The quantitative estimate of drug-likeness (QED) is 0.930. The van der Waals surface area contributed by atoms with Gasteiger partial charge in [-0.3, -0.25) is 9.69 Å². The van der Waals surface area contributed by atoms with E-state index in [4.69, 9.17) is 0 Å². The van der Waals surface area contributed by atoms with Gasteiger partial charge in [-0.2, -0.15) is 0 Å². The lowest BCUT2D eigenvalue weighted by molar-refractivity contribution is 0.0911. The van der Waals surface area contributed by atoms with Crippen molar-refractivity contribution in [3.63, 3.8) is 0 Å². The Balaban J connectivity index is 1.73. The molecular formula is C18H25FN2O. The molecule has 1 aromatic rings. The van der Waals surface area contributed by atoms with Gasteiger partial charge >= 0.3 is 0 Å². The van der Waals surface area contributed by atoms with E-state index in [0.717, 1.165) is 19.5 Å². The van der Waals surface area contributed by atoms with E-state index in [1.807, 2.05) is 0 Å². The van der Waals surface area contributed by atoms with E-state index in [-0.39, 0.29) is 17.8 Å². The lowest BCUT2D eigenvalue weighted by atomic mass is 10.0. The molecule has 1 aliphatic carbocycles. The van der Waals surface area contributed by atoms with Crippen LogP contribution in [0.1, 0.15) is 53.6 Å². The number of carbonyl (C=O) groups excluding carboxylic acids is 1. The molecular weight excluding hydrogens is 279 g/mol. The Morgan fingerprint density at radius 1 is 1.14 bits per heavy atom. The second-order valence-electron chi connectivity index (χ2n) is 6.74. The van der Waals surface area contributed by atoms with Crippen LogP contribution in [-0.4, -0.2) is 36.0 Å². The number of hydrogen-bond acceptors (Lipinski definition) is 2. The largest absolute Gasteiger partial charge is 0.348 e. The number of halogens is 1. The highest BCUT2D eigenvalue weighted by Crippen LogP contribution is 2.28. The normalized spacial score (nSPS) is 25.6. The highest BCUT2D eigenvalue weighted by Gasteiger charge is 2.34. The lowest BCUT2D eigenvalue weighted by Gasteiger charge is -2.30. The number of nitrogens with one attached hydrogen (secondary N) is 1. The maximum atomic E-state index is 13.4. The summed E-state index contributed by atoms with van der Waals surface area (Å²) >= 11 is 0. The molecule has 1 amide bonds. The molecule has 1 saturated carbocycles. The average Bonchev–Trinajstić information content (AvgIpc) is 3.07. The van der Waals surface area contributed by atoms with Gasteiger partial charge in [0.15, 0.2) is 0 Å². The van der Waals surface area contributed by atoms with Crippen LogP contribution in [0.15, 0.2) is 12.1 Å². The van der Waals surface area contributed by atoms with Crippen LogP contribution in [0.3, 0.4) is 0 Å². The number of carbonyl (C=O) groups is 1. The molecule has 2 unspecified atom stereocenters. The first-order valence-electron chi connectivity index (χ1n) is 8.38. The van der Waals surface area contributed by atoms with E-state index in [2.05, 4.69) is 10.2 Å². The molecule has 0 aromatic heterocycles. The Hall–Kier alpha value is -1.42. The smallest absolute Gasteiger partial charge is 0.252 e. The van der Waals surface area contributed by atoms with Gasteiger partial charge in [0.2, 0.25) is 0 Å². The lowest BCUT2D eigenvalue weighted by Crippen LogP contribution is -2.48. The van der Waals surface area contributed by atoms with Crippen molar-refractivity contribution in [1.82, 2.24) is 10.2 Å². The third-order valence-corrected chi connectivity index (χ3v) is 5.13. The van der Waals surface area contributed by atoms with Crippen LogP contribution >= 0.6 is 0 Å². The molecule has 2 aliphatic rings. The number of benzene rings is 1. The summed E-state index contributed by atoms with van der Waals surface area (Å²) in [4.78, 5) is 15.2. The van der Waals surface area contributed by atoms with Crippen molar-refractivity contribution in [3.8, 4) is 0 Å². The predicted molar refractivity (Wildman–Crippen MR) is 85.6 cm³/mol. The summed E-state index contributed by atoms with van der Waals surface area (Å²) < 4.78 is 13.4. The summed E-state index contributed by atoms with van der Waals surface area (Å²) in [5.41, 5.74) is 2.06. The summed E-state index contributed by atoms with van der Waals surface area (Å²) in [6.07, 6.45) is 5.94. The monoisotopic (exact) mass is 304 g/mol. The van der Waals surface area contributed by atoms with E-state index in [1.165, 1.54) is 37.8 Å². The molecule has 120 valence electrons. The number of likely N-dealkylation sites (tertiary alicyclic amines) is 1. The van der Waals surface area contributed by atoms with Crippen molar-refractivity contribution in [2.75, 3.05) is 13.1 Å². The predicted octanol–water partition coefficient (Wildman–Crippen LogP) is 3.19. The van der Waals surface area contributed by atoms with Crippen molar-refractivity contribution in [1.29, 1.82) is 0 Å². The number of nitrogens with zero attached hydrogens (tertiary/aromatic N) is 1. The Morgan fingerprint density at radius 3 is 2.41 bits per heavy atom. The minimum atomic E-state index is -0.276. The molecule has 1 aromatic carbocycles. The fourth-order valence-corrected chi connectivity index (χ4v) is 4.13. The summed E-state index contributed by atoms with van der Waals surface area (Å²) in [5, 5.41) is 3.22. The topological polar surface area (TPSA) is 32.3 Å². The second-order valence-corrected chi connectivity index (χ2v) is 6.74. The number of rotatable bonds is 3. The van der Waals surface area contributed by atoms with Crippen molar-refractivity contribution < 1.29 is 9.18 Å². The third-order valence-electron chi connectivity index (χ3n) is 5.13. The zero-order chi connectivity index (χ0) is 15.7. The van der Waals surface area contributed by atoms with Gasteiger partial charge in [0.05, 0.1) is 0 Å². The average molecular weight is 304 g/mol. The van der Waals surface area contributed by atoms with E-state index >= 15 is 0 Å². The zero-order valence-corrected chi connectivity index (χ0v) is 13.5. The van der Waals surface area contributed by atoms with Gasteiger partial charge in [-0.25, -0.2) is 4.39 Å². The second kappa shape index (κ2) is 6.37. The molecule has 1 heterocycles. The molecule has 2 atom stereocenters. The van der Waals surface area contributed by atoms with Crippen LogP contribution in [0.5, 0.6) is 0 Å². The molecule has 1 N–H and O–H groups in total. The number of amides is 1. The summed E-state index contributed by atoms with van der Waals surface area (Å²) in [7, 11) is 0. The van der Waals surface area contributed by atoms with E-state index in [9.17, 15) is 9.18 Å². The highest BCUT2D eigenvalue weighted by atomic mass is 19.1. The fraction of sp³-hybridized carbons (Fsp3) is 0.611. The van der Waals surface area contributed by atoms with Gasteiger partial charge < -0.3 is 5.32 Å². The summed E-state index contributed by atoms with van der Waals surface area (Å²) in [6, 6.07) is 3.59. The Morgan fingerprint density at radius 2 is 1.77 bits per heavy atom.